The normalized spacial score (nSPS) is 12.7. The second-order valence-corrected chi connectivity index (χ2v) is 4.82. The maximum atomic E-state index is 13.7. The monoisotopic (exact) mass is 253 g/mol. The van der Waals surface area contributed by atoms with Crippen LogP contribution in [0, 0.1) is 11.7 Å². The highest BCUT2D eigenvalue weighted by Gasteiger charge is 2.11. The van der Waals surface area contributed by atoms with Gasteiger partial charge in [-0.05, 0) is 25.1 Å². The van der Waals surface area contributed by atoms with Crippen molar-refractivity contribution in [2.75, 3.05) is 13.6 Å². The van der Waals surface area contributed by atoms with Crippen LogP contribution in [-0.2, 0) is 6.54 Å². The van der Waals surface area contributed by atoms with Crippen molar-refractivity contribution >= 4 is 5.97 Å². The van der Waals surface area contributed by atoms with Gasteiger partial charge in [0.25, 0.3) is 0 Å². The van der Waals surface area contributed by atoms with Crippen LogP contribution in [0.2, 0.25) is 0 Å². The lowest BCUT2D eigenvalue weighted by Crippen LogP contribution is -2.24. The van der Waals surface area contributed by atoms with E-state index in [0.717, 1.165) is 19.0 Å². The van der Waals surface area contributed by atoms with Gasteiger partial charge < -0.3 is 10.0 Å². The maximum Gasteiger partial charge on any atom is 0.335 e. The first-order valence-electron chi connectivity index (χ1n) is 6.14. The molecule has 0 aliphatic rings. The molecule has 18 heavy (non-hydrogen) atoms. The van der Waals surface area contributed by atoms with Crippen LogP contribution in [0.5, 0.6) is 0 Å². The van der Waals surface area contributed by atoms with Crippen LogP contribution >= 0.6 is 0 Å². The number of hydrogen-bond acceptors (Lipinski definition) is 2. The minimum Gasteiger partial charge on any atom is -0.478 e. The standard InChI is InChI=1S/C14H20FNO2/c1-4-10(2)8-16(3)9-12-6-5-11(14(17)18)7-13(12)15/h5-7,10H,4,8-9H2,1-3H3,(H,17,18). The van der Waals surface area contributed by atoms with Crippen LogP contribution in [0.1, 0.15) is 36.2 Å². The SMILES string of the molecule is CCC(C)CN(C)Cc1ccc(C(=O)O)cc1F. The van der Waals surface area contributed by atoms with E-state index in [4.69, 9.17) is 5.11 Å². The quantitative estimate of drug-likeness (QED) is 0.847. The molecule has 0 spiro atoms. The summed E-state index contributed by atoms with van der Waals surface area (Å²) in [7, 11) is 1.94. The minimum atomic E-state index is -1.10. The Morgan fingerprint density at radius 3 is 2.67 bits per heavy atom. The number of carboxylic acids is 1. The predicted octanol–water partition coefficient (Wildman–Crippen LogP) is 3.00. The predicted molar refractivity (Wildman–Crippen MR) is 69.1 cm³/mol. The average Bonchev–Trinajstić information content (AvgIpc) is 2.31. The van der Waals surface area contributed by atoms with Gasteiger partial charge in [-0.3, -0.25) is 0 Å². The van der Waals surface area contributed by atoms with Gasteiger partial charge in [0.2, 0.25) is 0 Å². The van der Waals surface area contributed by atoms with Crippen molar-refractivity contribution in [3.63, 3.8) is 0 Å². The fourth-order valence-corrected chi connectivity index (χ4v) is 1.83. The fourth-order valence-electron chi connectivity index (χ4n) is 1.83. The number of nitrogens with zero attached hydrogens (tertiary/aromatic N) is 1. The van der Waals surface area contributed by atoms with Gasteiger partial charge in [-0.1, -0.05) is 26.3 Å². The molecule has 1 aromatic carbocycles. The number of carboxylic acid groups (broad SMARTS) is 1. The number of halogens is 1. The summed E-state index contributed by atoms with van der Waals surface area (Å²) < 4.78 is 13.7. The zero-order valence-electron chi connectivity index (χ0n) is 11.1. The van der Waals surface area contributed by atoms with Crippen molar-refractivity contribution in [1.29, 1.82) is 0 Å². The third-order valence-electron chi connectivity index (χ3n) is 3.06. The largest absolute Gasteiger partial charge is 0.478 e. The molecule has 0 aromatic heterocycles. The zero-order chi connectivity index (χ0) is 13.7. The number of aromatic carboxylic acids is 1. The van der Waals surface area contributed by atoms with Crippen LogP contribution in [0.15, 0.2) is 18.2 Å². The highest BCUT2D eigenvalue weighted by molar-refractivity contribution is 5.87. The van der Waals surface area contributed by atoms with Crippen molar-refractivity contribution in [2.24, 2.45) is 5.92 Å². The van der Waals surface area contributed by atoms with E-state index in [0.29, 0.717) is 18.0 Å². The smallest absolute Gasteiger partial charge is 0.335 e. The summed E-state index contributed by atoms with van der Waals surface area (Å²) >= 11 is 0. The molecule has 0 amide bonds. The van der Waals surface area contributed by atoms with E-state index in [9.17, 15) is 9.18 Å². The molecule has 1 N–H and O–H groups in total. The van der Waals surface area contributed by atoms with Gasteiger partial charge in [0.05, 0.1) is 5.56 Å². The van der Waals surface area contributed by atoms with E-state index in [2.05, 4.69) is 13.8 Å². The highest BCUT2D eigenvalue weighted by atomic mass is 19.1. The Balaban J connectivity index is 2.70. The molecule has 0 heterocycles. The van der Waals surface area contributed by atoms with Crippen molar-refractivity contribution in [3.8, 4) is 0 Å². The average molecular weight is 253 g/mol. The van der Waals surface area contributed by atoms with Crippen molar-refractivity contribution in [3.05, 3.63) is 35.1 Å². The molecule has 100 valence electrons. The van der Waals surface area contributed by atoms with Crippen LogP contribution in [0.4, 0.5) is 4.39 Å². The van der Waals surface area contributed by atoms with Crippen LogP contribution in [-0.4, -0.2) is 29.6 Å². The van der Waals surface area contributed by atoms with E-state index in [1.807, 2.05) is 11.9 Å². The summed E-state index contributed by atoms with van der Waals surface area (Å²) in [6.07, 6.45) is 1.09. The van der Waals surface area contributed by atoms with E-state index < -0.39 is 11.8 Å². The molecule has 1 unspecified atom stereocenters. The maximum absolute atomic E-state index is 13.7. The Morgan fingerprint density at radius 2 is 2.17 bits per heavy atom. The summed E-state index contributed by atoms with van der Waals surface area (Å²) in [4.78, 5) is 12.7. The zero-order valence-corrected chi connectivity index (χ0v) is 11.1. The van der Waals surface area contributed by atoms with Gasteiger partial charge in [-0.15, -0.1) is 0 Å². The Morgan fingerprint density at radius 1 is 1.50 bits per heavy atom. The topological polar surface area (TPSA) is 40.5 Å². The fraction of sp³-hybridized carbons (Fsp3) is 0.500. The molecule has 0 bridgehead atoms. The molecule has 1 aromatic rings. The molecule has 0 aliphatic heterocycles. The third kappa shape index (κ3) is 4.11. The molecular weight excluding hydrogens is 233 g/mol. The molecule has 1 atom stereocenters. The molecule has 0 saturated heterocycles. The van der Waals surface area contributed by atoms with Crippen LogP contribution in [0.25, 0.3) is 0 Å². The molecule has 0 saturated carbocycles. The Labute approximate surface area is 107 Å². The second kappa shape index (κ2) is 6.50. The number of hydrogen-bond donors (Lipinski definition) is 1. The summed E-state index contributed by atoms with van der Waals surface area (Å²) in [5, 5.41) is 8.76. The van der Waals surface area contributed by atoms with E-state index in [1.54, 1.807) is 6.07 Å². The first kappa shape index (κ1) is 14.6. The minimum absolute atomic E-state index is 0.0131. The van der Waals surface area contributed by atoms with Gasteiger partial charge in [-0.2, -0.15) is 0 Å². The summed E-state index contributed by atoms with van der Waals surface area (Å²) in [5.74, 6) is -0.990. The van der Waals surface area contributed by atoms with Gasteiger partial charge in [0.15, 0.2) is 0 Å². The van der Waals surface area contributed by atoms with Gasteiger partial charge in [0, 0.05) is 18.7 Å². The Bertz CT molecular complexity index is 420. The van der Waals surface area contributed by atoms with Crippen molar-refractivity contribution < 1.29 is 14.3 Å². The summed E-state index contributed by atoms with van der Waals surface area (Å²) in [5.41, 5.74) is 0.520. The number of benzene rings is 1. The molecule has 3 nitrogen and oxygen atoms in total. The highest BCUT2D eigenvalue weighted by Crippen LogP contribution is 2.14. The lowest BCUT2D eigenvalue weighted by atomic mass is 10.1. The van der Waals surface area contributed by atoms with E-state index in [-0.39, 0.29) is 5.56 Å². The lowest BCUT2D eigenvalue weighted by molar-refractivity contribution is 0.0696. The first-order valence-corrected chi connectivity index (χ1v) is 6.14. The molecule has 0 fully saturated rings. The van der Waals surface area contributed by atoms with E-state index in [1.165, 1.54) is 6.07 Å². The third-order valence-corrected chi connectivity index (χ3v) is 3.06. The van der Waals surface area contributed by atoms with Gasteiger partial charge >= 0.3 is 5.97 Å². The van der Waals surface area contributed by atoms with Crippen molar-refractivity contribution in [1.82, 2.24) is 4.90 Å². The van der Waals surface area contributed by atoms with Crippen LogP contribution in [0.3, 0.4) is 0 Å². The van der Waals surface area contributed by atoms with Crippen LogP contribution < -0.4 is 0 Å². The molecule has 0 radical (unpaired) electrons. The lowest BCUT2D eigenvalue weighted by Gasteiger charge is -2.20. The van der Waals surface area contributed by atoms with Gasteiger partial charge in [-0.25, -0.2) is 9.18 Å². The Kier molecular flexibility index (Phi) is 5.28. The van der Waals surface area contributed by atoms with Gasteiger partial charge in [0.1, 0.15) is 5.82 Å². The number of carbonyl (C=O) groups is 1. The molecular formula is C14H20FNO2. The summed E-state index contributed by atoms with van der Waals surface area (Å²) in [6, 6.07) is 4.07. The van der Waals surface area contributed by atoms with E-state index >= 15 is 0 Å². The summed E-state index contributed by atoms with van der Waals surface area (Å²) in [6.45, 7) is 5.67. The molecule has 0 aliphatic carbocycles. The second-order valence-electron chi connectivity index (χ2n) is 4.82. The first-order chi connectivity index (χ1) is 8.43. The van der Waals surface area contributed by atoms with Crippen molar-refractivity contribution in [2.45, 2.75) is 26.8 Å². The Hall–Kier alpha value is -1.42. The molecule has 1 rings (SSSR count). The number of rotatable bonds is 6. The molecule has 4 heteroatoms.